The second-order valence-electron chi connectivity index (χ2n) is 4.59. The Morgan fingerprint density at radius 3 is 2.62 bits per heavy atom. The monoisotopic (exact) mass is 292 g/mol. The Morgan fingerprint density at radius 2 is 1.95 bits per heavy atom. The molecule has 112 valence electrons. The van der Waals surface area contributed by atoms with Gasteiger partial charge in [0.25, 0.3) is 11.8 Å². The van der Waals surface area contributed by atoms with Gasteiger partial charge in [0.1, 0.15) is 12.3 Å². The third kappa shape index (κ3) is 4.51. The highest BCUT2D eigenvalue weighted by Gasteiger charge is 2.22. The molecule has 0 atom stereocenters. The maximum Gasteiger partial charge on any atom is 0.306 e. The van der Waals surface area contributed by atoms with Crippen molar-refractivity contribution in [3.63, 3.8) is 0 Å². The number of nitrogens with zero attached hydrogens (tertiary/aromatic N) is 3. The fraction of sp³-hybridized carbons (Fsp3) is 0.462. The van der Waals surface area contributed by atoms with E-state index >= 15 is 0 Å². The van der Waals surface area contributed by atoms with Crippen molar-refractivity contribution in [2.24, 2.45) is 0 Å². The minimum Gasteiger partial charge on any atom is -0.459 e. The topological polar surface area (TPSA) is 105 Å². The first kappa shape index (κ1) is 14.9. The summed E-state index contributed by atoms with van der Waals surface area (Å²) in [5.74, 6) is -0.841. The Kier molecular flexibility index (Phi) is 5.19. The standard InChI is InChI=1S/C13H16N4O4/c18-11-5-6-12(19)17(11)7-3-1-2-4-13(20)21-9-10-8-14-16-15-10/h5-6,8H,1-4,7,9H2,(H,14,15,16). The van der Waals surface area contributed by atoms with E-state index in [1.807, 2.05) is 0 Å². The average molecular weight is 292 g/mol. The molecule has 2 heterocycles. The molecule has 8 heteroatoms. The normalized spacial score (nSPS) is 14.0. The minimum atomic E-state index is -0.298. The number of aromatic nitrogens is 3. The van der Waals surface area contributed by atoms with Gasteiger partial charge in [-0.1, -0.05) is 6.42 Å². The summed E-state index contributed by atoms with van der Waals surface area (Å²) in [7, 11) is 0. The van der Waals surface area contributed by atoms with Crippen LogP contribution in [0, 0.1) is 0 Å². The number of carbonyl (C=O) groups is 3. The molecular weight excluding hydrogens is 276 g/mol. The van der Waals surface area contributed by atoms with Gasteiger partial charge in [-0.05, 0) is 12.8 Å². The van der Waals surface area contributed by atoms with Crippen LogP contribution in [0.4, 0.5) is 0 Å². The van der Waals surface area contributed by atoms with Crippen LogP contribution >= 0.6 is 0 Å². The van der Waals surface area contributed by atoms with Crippen LogP contribution in [0.5, 0.6) is 0 Å². The number of H-pyrrole nitrogens is 1. The third-order valence-electron chi connectivity index (χ3n) is 3.01. The van der Waals surface area contributed by atoms with Crippen LogP contribution in [0.15, 0.2) is 18.3 Å². The van der Waals surface area contributed by atoms with Gasteiger partial charge in [0.15, 0.2) is 0 Å². The number of amides is 2. The molecule has 0 radical (unpaired) electrons. The Labute approximate surface area is 121 Å². The van der Waals surface area contributed by atoms with Crippen molar-refractivity contribution < 1.29 is 19.1 Å². The molecule has 0 spiro atoms. The minimum absolute atomic E-state index is 0.109. The summed E-state index contributed by atoms with van der Waals surface area (Å²) >= 11 is 0. The Morgan fingerprint density at radius 1 is 1.19 bits per heavy atom. The Bertz CT molecular complexity index is 520. The first-order valence-electron chi connectivity index (χ1n) is 6.70. The maximum absolute atomic E-state index is 11.5. The fourth-order valence-electron chi connectivity index (χ4n) is 1.89. The summed E-state index contributed by atoms with van der Waals surface area (Å²) in [5, 5.41) is 9.80. The molecule has 1 aliphatic rings. The zero-order chi connectivity index (χ0) is 15.1. The van der Waals surface area contributed by atoms with Gasteiger partial charge in [0, 0.05) is 25.1 Å². The fourth-order valence-corrected chi connectivity index (χ4v) is 1.89. The number of aromatic amines is 1. The predicted molar refractivity (Wildman–Crippen MR) is 70.5 cm³/mol. The van der Waals surface area contributed by atoms with Crippen molar-refractivity contribution in [1.82, 2.24) is 20.3 Å². The summed E-state index contributed by atoms with van der Waals surface area (Å²) in [5.41, 5.74) is 0.571. The number of carbonyl (C=O) groups excluding carboxylic acids is 3. The zero-order valence-electron chi connectivity index (χ0n) is 11.4. The Balaban J connectivity index is 1.52. The van der Waals surface area contributed by atoms with Gasteiger partial charge in [-0.3, -0.25) is 19.3 Å². The lowest BCUT2D eigenvalue weighted by Crippen LogP contribution is -2.30. The van der Waals surface area contributed by atoms with Gasteiger partial charge in [-0.25, -0.2) is 0 Å². The molecule has 0 saturated heterocycles. The van der Waals surface area contributed by atoms with Gasteiger partial charge in [-0.15, -0.1) is 0 Å². The van der Waals surface area contributed by atoms with Crippen molar-refractivity contribution in [3.8, 4) is 0 Å². The molecule has 1 aromatic rings. The molecule has 0 unspecified atom stereocenters. The quantitative estimate of drug-likeness (QED) is 0.420. The third-order valence-corrected chi connectivity index (χ3v) is 3.01. The summed E-state index contributed by atoms with van der Waals surface area (Å²) in [6, 6.07) is 0. The largest absolute Gasteiger partial charge is 0.459 e. The first-order valence-corrected chi connectivity index (χ1v) is 6.70. The van der Waals surface area contributed by atoms with Crippen LogP contribution in [0.2, 0.25) is 0 Å². The molecule has 0 saturated carbocycles. The van der Waals surface area contributed by atoms with E-state index in [0.717, 1.165) is 6.42 Å². The molecule has 21 heavy (non-hydrogen) atoms. The van der Waals surface area contributed by atoms with Crippen LogP contribution in [-0.4, -0.2) is 44.6 Å². The van der Waals surface area contributed by atoms with E-state index in [4.69, 9.17) is 4.74 Å². The highest BCUT2D eigenvalue weighted by molar-refractivity contribution is 6.12. The van der Waals surface area contributed by atoms with Crippen LogP contribution in [-0.2, 0) is 25.7 Å². The van der Waals surface area contributed by atoms with Crippen molar-refractivity contribution in [1.29, 1.82) is 0 Å². The smallest absolute Gasteiger partial charge is 0.306 e. The molecule has 2 rings (SSSR count). The van der Waals surface area contributed by atoms with Gasteiger partial charge >= 0.3 is 5.97 Å². The van der Waals surface area contributed by atoms with Crippen LogP contribution in [0.3, 0.4) is 0 Å². The van der Waals surface area contributed by atoms with Crippen LogP contribution in [0.1, 0.15) is 31.4 Å². The van der Waals surface area contributed by atoms with E-state index in [0.29, 0.717) is 31.5 Å². The lowest BCUT2D eigenvalue weighted by Gasteiger charge is -2.12. The van der Waals surface area contributed by atoms with Gasteiger partial charge in [0.05, 0.1) is 6.20 Å². The lowest BCUT2D eigenvalue weighted by molar-refractivity contribution is -0.145. The van der Waals surface area contributed by atoms with Gasteiger partial charge < -0.3 is 4.74 Å². The molecule has 1 N–H and O–H groups in total. The lowest BCUT2D eigenvalue weighted by atomic mass is 10.2. The van der Waals surface area contributed by atoms with E-state index in [9.17, 15) is 14.4 Å². The van der Waals surface area contributed by atoms with E-state index in [-0.39, 0.29) is 24.4 Å². The molecule has 8 nitrogen and oxygen atoms in total. The molecule has 0 aliphatic carbocycles. The summed E-state index contributed by atoms with van der Waals surface area (Å²) < 4.78 is 5.01. The number of ether oxygens (including phenoxy) is 1. The molecule has 0 fully saturated rings. The van der Waals surface area contributed by atoms with Crippen LogP contribution < -0.4 is 0 Å². The summed E-state index contributed by atoms with van der Waals surface area (Å²) in [4.78, 5) is 35.2. The van der Waals surface area contributed by atoms with Gasteiger partial charge in [0.2, 0.25) is 0 Å². The van der Waals surface area contributed by atoms with E-state index < -0.39 is 0 Å². The number of unbranched alkanes of at least 4 members (excludes halogenated alkanes) is 2. The number of esters is 1. The molecule has 1 aliphatic heterocycles. The van der Waals surface area contributed by atoms with E-state index in [1.54, 1.807) is 0 Å². The number of imide groups is 1. The second kappa shape index (κ2) is 7.32. The summed E-state index contributed by atoms with van der Waals surface area (Å²) in [6.07, 6.45) is 6.41. The van der Waals surface area contributed by atoms with Crippen molar-refractivity contribution in [2.75, 3.05) is 6.54 Å². The summed E-state index contributed by atoms with van der Waals surface area (Å²) in [6.45, 7) is 0.496. The average Bonchev–Trinajstić information content (AvgIpc) is 3.09. The molecular formula is C13H16N4O4. The number of nitrogens with one attached hydrogen (secondary N) is 1. The zero-order valence-corrected chi connectivity index (χ0v) is 11.4. The molecule has 1 aromatic heterocycles. The molecule has 0 aromatic carbocycles. The van der Waals surface area contributed by atoms with Crippen molar-refractivity contribution >= 4 is 17.8 Å². The number of hydrogen-bond acceptors (Lipinski definition) is 6. The Hall–Kier alpha value is -2.51. The second-order valence-corrected chi connectivity index (χ2v) is 4.59. The maximum atomic E-state index is 11.5. The van der Waals surface area contributed by atoms with Crippen LogP contribution in [0.25, 0.3) is 0 Å². The van der Waals surface area contributed by atoms with Crippen molar-refractivity contribution in [2.45, 2.75) is 32.3 Å². The predicted octanol–water partition coefficient (Wildman–Crippen LogP) is 0.333. The van der Waals surface area contributed by atoms with Gasteiger partial charge in [-0.2, -0.15) is 15.4 Å². The number of rotatable bonds is 8. The first-order chi connectivity index (χ1) is 10.2. The SMILES string of the molecule is O=C(CCCCCN1C(=O)C=CC1=O)OCc1cn[nH]n1. The van der Waals surface area contributed by atoms with E-state index in [1.165, 1.54) is 23.2 Å². The highest BCUT2D eigenvalue weighted by atomic mass is 16.5. The van der Waals surface area contributed by atoms with Crippen molar-refractivity contribution in [3.05, 3.63) is 24.0 Å². The number of hydrogen-bond donors (Lipinski definition) is 1. The molecule has 0 bridgehead atoms. The van der Waals surface area contributed by atoms with E-state index in [2.05, 4.69) is 15.4 Å². The molecule has 2 amide bonds. The highest BCUT2D eigenvalue weighted by Crippen LogP contribution is 2.08.